The van der Waals surface area contributed by atoms with Gasteiger partial charge in [0.1, 0.15) is 0 Å². The fourth-order valence-electron chi connectivity index (χ4n) is 1.57. The summed E-state index contributed by atoms with van der Waals surface area (Å²) in [6.45, 7) is 6.71. The molecule has 0 saturated heterocycles. The molecule has 2 heteroatoms. The van der Waals surface area contributed by atoms with Gasteiger partial charge in [0.05, 0.1) is 0 Å². The summed E-state index contributed by atoms with van der Waals surface area (Å²) >= 11 is 4.29. The maximum absolute atomic E-state index is 4.29. The summed E-state index contributed by atoms with van der Waals surface area (Å²) in [6.07, 6.45) is 2.39. The van der Waals surface area contributed by atoms with Crippen LogP contribution in [0.2, 0.25) is 0 Å². The van der Waals surface area contributed by atoms with Crippen molar-refractivity contribution >= 4 is 18.3 Å². The lowest BCUT2D eigenvalue weighted by atomic mass is 10.2. The van der Waals surface area contributed by atoms with Crippen molar-refractivity contribution < 1.29 is 0 Å². The van der Waals surface area contributed by atoms with Crippen LogP contribution >= 0.6 is 12.6 Å². The van der Waals surface area contributed by atoms with E-state index in [9.17, 15) is 0 Å². The third-order valence-corrected chi connectivity index (χ3v) is 2.50. The Kier molecular flexibility index (Phi) is 4.88. The molecule has 1 aromatic carbocycles. The maximum atomic E-state index is 4.29. The van der Waals surface area contributed by atoms with Crippen LogP contribution in [0.15, 0.2) is 29.2 Å². The summed E-state index contributed by atoms with van der Waals surface area (Å²) < 4.78 is 0. The van der Waals surface area contributed by atoms with Crippen LogP contribution in [0.3, 0.4) is 0 Å². The largest absolute Gasteiger partial charge is 0.372 e. The molecular weight excluding hydrogens is 190 g/mol. The quantitative estimate of drug-likeness (QED) is 0.725. The molecule has 0 fully saturated rings. The SMILES string of the molecule is CCCN(CCC)c1ccc(S)cc1. The molecular formula is C12H19NS. The molecule has 0 aliphatic heterocycles. The van der Waals surface area contributed by atoms with E-state index in [4.69, 9.17) is 0 Å². The van der Waals surface area contributed by atoms with Gasteiger partial charge in [-0.25, -0.2) is 0 Å². The zero-order chi connectivity index (χ0) is 10.4. The van der Waals surface area contributed by atoms with E-state index in [1.54, 1.807) is 0 Å². The summed E-state index contributed by atoms with van der Waals surface area (Å²) in [4.78, 5) is 3.45. The van der Waals surface area contributed by atoms with Crippen LogP contribution in [0.4, 0.5) is 5.69 Å². The highest BCUT2D eigenvalue weighted by Gasteiger charge is 2.02. The number of hydrogen-bond donors (Lipinski definition) is 1. The minimum absolute atomic E-state index is 1.03. The van der Waals surface area contributed by atoms with Crippen molar-refractivity contribution in [3.63, 3.8) is 0 Å². The van der Waals surface area contributed by atoms with Crippen molar-refractivity contribution in [2.45, 2.75) is 31.6 Å². The predicted octanol–water partition coefficient (Wildman–Crippen LogP) is 3.60. The Hall–Kier alpha value is -0.630. The van der Waals surface area contributed by atoms with Crippen molar-refractivity contribution in [3.8, 4) is 0 Å². The van der Waals surface area contributed by atoms with E-state index in [0.29, 0.717) is 0 Å². The summed E-state index contributed by atoms with van der Waals surface area (Å²) in [6, 6.07) is 8.40. The molecule has 78 valence electrons. The zero-order valence-corrected chi connectivity index (χ0v) is 9.93. The molecule has 0 spiro atoms. The van der Waals surface area contributed by atoms with Gasteiger partial charge in [0.2, 0.25) is 0 Å². The van der Waals surface area contributed by atoms with Gasteiger partial charge in [-0.3, -0.25) is 0 Å². The van der Waals surface area contributed by atoms with Crippen LogP contribution < -0.4 is 4.90 Å². The van der Waals surface area contributed by atoms with Crippen LogP contribution in [-0.2, 0) is 0 Å². The monoisotopic (exact) mass is 209 g/mol. The Labute approximate surface area is 92.5 Å². The molecule has 14 heavy (non-hydrogen) atoms. The van der Waals surface area contributed by atoms with Gasteiger partial charge < -0.3 is 4.90 Å². The Morgan fingerprint density at radius 3 is 1.93 bits per heavy atom. The van der Waals surface area contributed by atoms with Crippen LogP contribution in [0.25, 0.3) is 0 Å². The lowest BCUT2D eigenvalue weighted by molar-refractivity contribution is 0.744. The van der Waals surface area contributed by atoms with Crippen molar-refractivity contribution in [1.29, 1.82) is 0 Å². The Balaban J connectivity index is 2.71. The van der Waals surface area contributed by atoms with Gasteiger partial charge in [-0.15, -0.1) is 12.6 Å². The number of nitrogens with zero attached hydrogens (tertiary/aromatic N) is 1. The van der Waals surface area contributed by atoms with Gasteiger partial charge in [-0.1, -0.05) is 13.8 Å². The Bertz CT molecular complexity index is 250. The first-order valence-corrected chi connectivity index (χ1v) is 5.76. The highest BCUT2D eigenvalue weighted by atomic mass is 32.1. The average Bonchev–Trinajstić information content (AvgIpc) is 2.19. The zero-order valence-electron chi connectivity index (χ0n) is 9.03. The average molecular weight is 209 g/mol. The second-order valence-corrected chi connectivity index (χ2v) is 4.02. The first-order valence-electron chi connectivity index (χ1n) is 5.32. The van der Waals surface area contributed by atoms with E-state index in [0.717, 1.165) is 18.0 Å². The van der Waals surface area contributed by atoms with Crippen molar-refractivity contribution in [1.82, 2.24) is 0 Å². The van der Waals surface area contributed by atoms with Crippen molar-refractivity contribution in [3.05, 3.63) is 24.3 Å². The second kappa shape index (κ2) is 5.97. The lowest BCUT2D eigenvalue weighted by Crippen LogP contribution is -2.24. The number of thiol groups is 1. The van der Waals surface area contributed by atoms with E-state index in [2.05, 4.69) is 55.6 Å². The molecule has 0 unspecified atom stereocenters. The molecule has 0 radical (unpaired) electrons. The topological polar surface area (TPSA) is 3.24 Å². The fraction of sp³-hybridized carbons (Fsp3) is 0.500. The number of benzene rings is 1. The van der Waals surface area contributed by atoms with E-state index in [1.165, 1.54) is 18.5 Å². The molecule has 0 heterocycles. The van der Waals surface area contributed by atoms with E-state index < -0.39 is 0 Å². The van der Waals surface area contributed by atoms with E-state index in [1.807, 2.05) is 0 Å². The van der Waals surface area contributed by atoms with Gasteiger partial charge in [0.15, 0.2) is 0 Å². The molecule has 1 nitrogen and oxygen atoms in total. The first-order chi connectivity index (χ1) is 6.77. The van der Waals surface area contributed by atoms with Crippen LogP contribution in [0, 0.1) is 0 Å². The fourth-order valence-corrected chi connectivity index (χ4v) is 1.72. The minimum Gasteiger partial charge on any atom is -0.372 e. The summed E-state index contributed by atoms with van der Waals surface area (Å²) in [5.74, 6) is 0. The third-order valence-electron chi connectivity index (χ3n) is 2.20. The molecule has 0 aliphatic carbocycles. The molecule has 0 amide bonds. The number of hydrogen-bond acceptors (Lipinski definition) is 2. The molecule has 0 saturated carbocycles. The molecule has 0 N–H and O–H groups in total. The highest BCUT2D eigenvalue weighted by molar-refractivity contribution is 7.80. The highest BCUT2D eigenvalue weighted by Crippen LogP contribution is 2.17. The Morgan fingerprint density at radius 2 is 1.50 bits per heavy atom. The molecule has 0 atom stereocenters. The number of anilines is 1. The smallest absolute Gasteiger partial charge is 0.0366 e. The third kappa shape index (κ3) is 3.26. The van der Waals surface area contributed by atoms with Gasteiger partial charge >= 0.3 is 0 Å². The Morgan fingerprint density at radius 1 is 1.00 bits per heavy atom. The van der Waals surface area contributed by atoms with Gasteiger partial charge in [0, 0.05) is 23.7 Å². The maximum Gasteiger partial charge on any atom is 0.0366 e. The normalized spacial score (nSPS) is 10.2. The predicted molar refractivity (Wildman–Crippen MR) is 66.5 cm³/mol. The first kappa shape index (κ1) is 11.4. The molecule has 0 bridgehead atoms. The standard InChI is InChI=1S/C12H19NS/c1-3-9-13(10-4-2)11-5-7-12(14)8-6-11/h5-8,14H,3-4,9-10H2,1-2H3. The second-order valence-electron chi connectivity index (χ2n) is 3.50. The van der Waals surface area contributed by atoms with Gasteiger partial charge in [0.25, 0.3) is 0 Å². The minimum atomic E-state index is 1.03. The molecule has 0 aliphatic rings. The summed E-state index contributed by atoms with van der Waals surface area (Å²) in [5.41, 5.74) is 1.31. The summed E-state index contributed by atoms with van der Waals surface area (Å²) in [5, 5.41) is 0. The lowest BCUT2D eigenvalue weighted by Gasteiger charge is -2.23. The summed E-state index contributed by atoms with van der Waals surface area (Å²) in [7, 11) is 0. The van der Waals surface area contributed by atoms with Gasteiger partial charge in [-0.2, -0.15) is 0 Å². The van der Waals surface area contributed by atoms with Crippen LogP contribution in [0.1, 0.15) is 26.7 Å². The molecule has 0 aromatic heterocycles. The van der Waals surface area contributed by atoms with Crippen molar-refractivity contribution in [2.24, 2.45) is 0 Å². The number of rotatable bonds is 5. The van der Waals surface area contributed by atoms with E-state index in [-0.39, 0.29) is 0 Å². The van der Waals surface area contributed by atoms with E-state index >= 15 is 0 Å². The molecule has 1 rings (SSSR count). The van der Waals surface area contributed by atoms with Gasteiger partial charge in [-0.05, 0) is 37.1 Å². The van der Waals surface area contributed by atoms with Crippen LogP contribution in [0.5, 0.6) is 0 Å². The van der Waals surface area contributed by atoms with Crippen molar-refractivity contribution in [2.75, 3.05) is 18.0 Å². The van der Waals surface area contributed by atoms with Crippen LogP contribution in [-0.4, -0.2) is 13.1 Å². The molecule has 1 aromatic rings.